The third-order valence-electron chi connectivity index (χ3n) is 2.66. The van der Waals surface area contributed by atoms with Crippen LogP contribution < -0.4 is 0 Å². The van der Waals surface area contributed by atoms with E-state index in [-0.39, 0.29) is 5.92 Å². The molecule has 1 aliphatic carbocycles. The molecular formula is C9H15BrF2S. The Morgan fingerprint density at radius 2 is 1.85 bits per heavy atom. The zero-order valence-electron chi connectivity index (χ0n) is 7.73. The van der Waals surface area contributed by atoms with Gasteiger partial charge in [0.15, 0.2) is 0 Å². The van der Waals surface area contributed by atoms with Crippen LogP contribution in [0.2, 0.25) is 0 Å². The van der Waals surface area contributed by atoms with Gasteiger partial charge in [-0.05, 0) is 25.0 Å². The van der Waals surface area contributed by atoms with Gasteiger partial charge in [-0.2, -0.15) is 8.78 Å². The number of hydrogen-bond donors (Lipinski definition) is 0. The molecule has 0 aliphatic heterocycles. The van der Waals surface area contributed by atoms with Crippen LogP contribution in [0.1, 0.15) is 32.1 Å². The third-order valence-corrected chi connectivity index (χ3v) is 5.08. The summed E-state index contributed by atoms with van der Waals surface area (Å²) in [6.45, 7) is 0. The zero-order valence-corrected chi connectivity index (χ0v) is 10.1. The van der Waals surface area contributed by atoms with Gasteiger partial charge in [0.25, 0.3) is 0 Å². The topological polar surface area (TPSA) is 0 Å². The molecule has 0 aromatic carbocycles. The summed E-state index contributed by atoms with van der Waals surface area (Å²) >= 11 is 3.80. The second-order valence-electron chi connectivity index (χ2n) is 3.57. The maximum atomic E-state index is 13.2. The molecule has 0 aromatic rings. The summed E-state index contributed by atoms with van der Waals surface area (Å²) in [5.74, 6) is 0.163. The number of thioether (sulfide) groups is 1. The second kappa shape index (κ2) is 4.96. The molecule has 0 spiro atoms. The predicted octanol–water partition coefficient (Wildman–Crippen LogP) is 4.29. The maximum absolute atomic E-state index is 13.2. The highest BCUT2D eigenvalue weighted by Gasteiger charge is 2.41. The Labute approximate surface area is 91.0 Å². The minimum atomic E-state index is -2.61. The first-order valence-corrected chi connectivity index (χ1v) is 6.79. The molecule has 0 bridgehead atoms. The van der Waals surface area contributed by atoms with E-state index in [1.54, 1.807) is 0 Å². The molecule has 4 heteroatoms. The van der Waals surface area contributed by atoms with E-state index in [1.807, 2.05) is 0 Å². The van der Waals surface area contributed by atoms with Crippen molar-refractivity contribution in [3.8, 4) is 0 Å². The quantitative estimate of drug-likeness (QED) is 0.691. The normalized spacial score (nSPS) is 23.1. The van der Waals surface area contributed by atoms with Gasteiger partial charge in [0.2, 0.25) is 0 Å². The number of rotatable bonds is 3. The lowest BCUT2D eigenvalue weighted by atomic mass is 9.87. The van der Waals surface area contributed by atoms with Gasteiger partial charge in [0.05, 0.1) is 4.83 Å². The van der Waals surface area contributed by atoms with Gasteiger partial charge in [-0.25, -0.2) is 0 Å². The van der Waals surface area contributed by atoms with Crippen molar-refractivity contribution in [2.75, 3.05) is 6.26 Å². The van der Waals surface area contributed by atoms with E-state index in [4.69, 9.17) is 0 Å². The van der Waals surface area contributed by atoms with Crippen LogP contribution in [0, 0.1) is 5.92 Å². The van der Waals surface area contributed by atoms with Crippen molar-refractivity contribution in [3.63, 3.8) is 0 Å². The van der Waals surface area contributed by atoms with Gasteiger partial charge in [0, 0.05) is 0 Å². The molecule has 1 atom stereocenters. The molecule has 78 valence electrons. The summed E-state index contributed by atoms with van der Waals surface area (Å²) in [5, 5.41) is -2.61. The second-order valence-corrected chi connectivity index (χ2v) is 5.50. The Bertz CT molecular complexity index is 158. The molecule has 0 radical (unpaired) electrons. The first-order valence-electron chi connectivity index (χ1n) is 4.65. The Morgan fingerprint density at radius 3 is 2.31 bits per heavy atom. The number of hydrogen-bond acceptors (Lipinski definition) is 1. The van der Waals surface area contributed by atoms with Gasteiger partial charge in [-0.3, -0.25) is 0 Å². The van der Waals surface area contributed by atoms with E-state index in [0.29, 0.717) is 11.8 Å². The maximum Gasteiger partial charge on any atom is 0.306 e. The molecule has 0 nitrogen and oxygen atoms in total. The molecule has 1 saturated carbocycles. The lowest BCUT2D eigenvalue weighted by Gasteiger charge is -2.30. The molecular weight excluding hydrogens is 258 g/mol. The summed E-state index contributed by atoms with van der Waals surface area (Å²) in [7, 11) is 0. The Kier molecular flexibility index (Phi) is 4.49. The van der Waals surface area contributed by atoms with Crippen molar-refractivity contribution in [2.24, 2.45) is 5.92 Å². The van der Waals surface area contributed by atoms with E-state index in [1.165, 1.54) is 12.7 Å². The molecule has 1 rings (SSSR count). The molecule has 1 aliphatic rings. The van der Waals surface area contributed by atoms with Crippen molar-refractivity contribution in [3.05, 3.63) is 0 Å². The molecule has 0 saturated heterocycles. The van der Waals surface area contributed by atoms with Crippen LogP contribution in [-0.2, 0) is 0 Å². The van der Waals surface area contributed by atoms with Crippen LogP contribution in [0.15, 0.2) is 0 Å². The van der Waals surface area contributed by atoms with Crippen LogP contribution in [0.25, 0.3) is 0 Å². The Morgan fingerprint density at radius 1 is 1.31 bits per heavy atom. The highest BCUT2D eigenvalue weighted by Crippen LogP contribution is 2.43. The minimum absolute atomic E-state index is 0.163. The Hall–Kier alpha value is 0.690. The highest BCUT2D eigenvalue weighted by molar-refractivity contribution is 9.09. The van der Waals surface area contributed by atoms with Crippen LogP contribution in [0.3, 0.4) is 0 Å². The monoisotopic (exact) mass is 272 g/mol. The molecule has 0 N–H and O–H groups in total. The molecule has 0 amide bonds. The van der Waals surface area contributed by atoms with Gasteiger partial charge in [0.1, 0.15) is 0 Å². The molecule has 1 unspecified atom stereocenters. The van der Waals surface area contributed by atoms with E-state index < -0.39 is 10.1 Å². The van der Waals surface area contributed by atoms with E-state index in [0.717, 1.165) is 25.7 Å². The summed E-state index contributed by atoms with van der Waals surface area (Å²) in [6.07, 6.45) is 6.80. The Balaban J connectivity index is 2.49. The summed E-state index contributed by atoms with van der Waals surface area (Å²) in [4.78, 5) is -0.643. The molecule has 0 heterocycles. The van der Waals surface area contributed by atoms with Crippen molar-refractivity contribution in [1.82, 2.24) is 0 Å². The first-order chi connectivity index (χ1) is 6.08. The van der Waals surface area contributed by atoms with Crippen LogP contribution in [0.4, 0.5) is 8.78 Å². The fourth-order valence-corrected chi connectivity index (χ4v) is 3.32. The van der Waals surface area contributed by atoms with E-state index >= 15 is 0 Å². The summed E-state index contributed by atoms with van der Waals surface area (Å²) in [5.41, 5.74) is 0. The zero-order chi connectivity index (χ0) is 9.90. The van der Waals surface area contributed by atoms with Crippen molar-refractivity contribution < 1.29 is 8.78 Å². The molecule has 13 heavy (non-hydrogen) atoms. The smallest absolute Gasteiger partial charge is 0.193 e. The standard InChI is InChI=1S/C9H15BrF2S/c1-13-9(11,12)8(10)7-5-3-2-4-6-7/h7-8H,2-6H2,1H3. The average Bonchev–Trinajstić information content (AvgIpc) is 2.18. The van der Waals surface area contributed by atoms with Crippen LogP contribution in [0.5, 0.6) is 0 Å². The van der Waals surface area contributed by atoms with Gasteiger partial charge >= 0.3 is 5.25 Å². The third kappa shape index (κ3) is 3.08. The van der Waals surface area contributed by atoms with Gasteiger partial charge in [-0.1, -0.05) is 47.0 Å². The van der Waals surface area contributed by atoms with Crippen molar-refractivity contribution >= 4 is 27.7 Å². The van der Waals surface area contributed by atoms with Crippen molar-refractivity contribution in [1.29, 1.82) is 0 Å². The highest BCUT2D eigenvalue weighted by atomic mass is 79.9. The minimum Gasteiger partial charge on any atom is -0.193 e. The SMILES string of the molecule is CSC(F)(F)C(Br)C1CCCCC1. The summed E-state index contributed by atoms with van der Waals surface area (Å²) < 4.78 is 26.5. The van der Waals surface area contributed by atoms with Crippen LogP contribution >= 0.6 is 27.7 Å². The number of halogens is 3. The molecule has 1 fully saturated rings. The van der Waals surface area contributed by atoms with E-state index in [2.05, 4.69) is 15.9 Å². The number of alkyl halides is 3. The summed E-state index contributed by atoms with van der Waals surface area (Å²) in [6, 6.07) is 0. The van der Waals surface area contributed by atoms with Gasteiger partial charge < -0.3 is 0 Å². The largest absolute Gasteiger partial charge is 0.306 e. The fourth-order valence-electron chi connectivity index (χ4n) is 1.81. The lowest BCUT2D eigenvalue weighted by Crippen LogP contribution is -2.32. The first kappa shape index (κ1) is 11.8. The predicted molar refractivity (Wildman–Crippen MR) is 57.8 cm³/mol. The van der Waals surface area contributed by atoms with Crippen molar-refractivity contribution in [2.45, 2.75) is 42.2 Å². The van der Waals surface area contributed by atoms with Gasteiger partial charge in [-0.15, -0.1) is 0 Å². The molecule has 0 aromatic heterocycles. The lowest BCUT2D eigenvalue weighted by molar-refractivity contribution is 0.0780. The average molecular weight is 273 g/mol. The van der Waals surface area contributed by atoms with Crippen LogP contribution in [-0.4, -0.2) is 16.3 Å². The fraction of sp³-hybridized carbons (Fsp3) is 1.00. The van der Waals surface area contributed by atoms with E-state index in [9.17, 15) is 8.78 Å².